The molecule has 1 rings (SSSR count). The van der Waals surface area contributed by atoms with Gasteiger partial charge in [-0.2, -0.15) is 5.26 Å². The topological polar surface area (TPSA) is 74.2 Å². The van der Waals surface area contributed by atoms with E-state index in [1.54, 1.807) is 0 Å². The Kier molecular flexibility index (Phi) is 2.75. The van der Waals surface area contributed by atoms with Gasteiger partial charge in [0.25, 0.3) is 0 Å². The lowest BCUT2D eigenvalue weighted by Crippen LogP contribution is -2.32. The highest BCUT2D eigenvalue weighted by molar-refractivity contribution is 5.75. The Morgan fingerprint density at radius 3 is 3.00 bits per heavy atom. The van der Waals surface area contributed by atoms with Crippen molar-refractivity contribution in [3.8, 4) is 6.07 Å². The van der Waals surface area contributed by atoms with Crippen molar-refractivity contribution in [3.63, 3.8) is 0 Å². The van der Waals surface area contributed by atoms with Crippen LogP contribution in [-0.4, -0.2) is 19.2 Å². The number of nitrogens with one attached hydrogen (secondary N) is 2. The largest absolute Gasteiger partial charge is 0.475 e. The molecule has 0 aromatic rings. The van der Waals surface area contributed by atoms with Crippen molar-refractivity contribution in [3.05, 3.63) is 11.5 Å². The monoisotopic (exact) mass is 181 g/mol. The van der Waals surface area contributed by atoms with Gasteiger partial charge in [0.2, 0.25) is 5.88 Å². The number of nitrogens with zero attached hydrogens (tertiary/aromatic N) is 1. The quantitative estimate of drug-likeness (QED) is 0.617. The molecule has 70 valence electrons. The number of carbonyl (C=O) groups is 1. The normalized spacial score (nSPS) is 20.5. The molecule has 5 nitrogen and oxygen atoms in total. The van der Waals surface area contributed by atoms with Crippen LogP contribution >= 0.6 is 0 Å². The van der Waals surface area contributed by atoms with E-state index in [1.807, 2.05) is 13.0 Å². The SMILES string of the molecule is CNC(=O)NC1=C(C#N)CC(C)O1. The lowest BCUT2D eigenvalue weighted by Gasteiger charge is -2.08. The van der Waals surface area contributed by atoms with Crippen LogP contribution in [0.2, 0.25) is 0 Å². The first-order valence-electron chi connectivity index (χ1n) is 3.96. The zero-order valence-corrected chi connectivity index (χ0v) is 7.55. The van der Waals surface area contributed by atoms with Gasteiger partial charge in [0.1, 0.15) is 12.2 Å². The maximum atomic E-state index is 10.9. The summed E-state index contributed by atoms with van der Waals surface area (Å²) >= 11 is 0. The molecule has 1 unspecified atom stereocenters. The van der Waals surface area contributed by atoms with Gasteiger partial charge in [-0.25, -0.2) is 4.79 Å². The molecule has 0 radical (unpaired) electrons. The minimum absolute atomic E-state index is 0.0400. The van der Waals surface area contributed by atoms with Crippen LogP contribution < -0.4 is 10.6 Å². The third-order valence-electron chi connectivity index (χ3n) is 1.67. The van der Waals surface area contributed by atoms with Crippen LogP contribution in [-0.2, 0) is 4.74 Å². The van der Waals surface area contributed by atoms with Crippen molar-refractivity contribution in [2.24, 2.45) is 0 Å². The molecular formula is C8H11N3O2. The van der Waals surface area contributed by atoms with E-state index >= 15 is 0 Å². The second-order valence-electron chi connectivity index (χ2n) is 2.76. The van der Waals surface area contributed by atoms with E-state index in [-0.39, 0.29) is 18.0 Å². The summed E-state index contributed by atoms with van der Waals surface area (Å²) in [6.07, 6.45) is 0.511. The predicted octanol–water partition coefficient (Wildman–Crippen LogP) is 0.459. The number of hydrogen-bond acceptors (Lipinski definition) is 3. The van der Waals surface area contributed by atoms with Crippen molar-refractivity contribution in [2.45, 2.75) is 19.4 Å². The molecule has 2 amide bonds. The Morgan fingerprint density at radius 2 is 2.46 bits per heavy atom. The number of carbonyl (C=O) groups excluding carboxylic acids is 1. The molecule has 0 saturated carbocycles. The third-order valence-corrected chi connectivity index (χ3v) is 1.67. The predicted molar refractivity (Wildman–Crippen MR) is 45.4 cm³/mol. The summed E-state index contributed by atoms with van der Waals surface area (Å²) in [5, 5.41) is 13.5. The van der Waals surface area contributed by atoms with E-state index < -0.39 is 0 Å². The molecule has 1 aliphatic heterocycles. The summed E-state index contributed by atoms with van der Waals surface area (Å²) in [6, 6.07) is 1.61. The van der Waals surface area contributed by atoms with Crippen LogP contribution in [0.25, 0.3) is 0 Å². The highest BCUT2D eigenvalue weighted by atomic mass is 16.5. The van der Waals surface area contributed by atoms with Crippen molar-refractivity contribution in [1.82, 2.24) is 10.6 Å². The van der Waals surface area contributed by atoms with Crippen LogP contribution in [0.15, 0.2) is 11.5 Å². The fraction of sp³-hybridized carbons (Fsp3) is 0.500. The molecule has 13 heavy (non-hydrogen) atoms. The average molecular weight is 181 g/mol. The molecular weight excluding hydrogens is 170 g/mol. The first-order valence-corrected chi connectivity index (χ1v) is 3.96. The molecule has 1 atom stereocenters. The number of rotatable bonds is 1. The maximum absolute atomic E-state index is 10.9. The number of ether oxygens (including phenoxy) is 1. The minimum Gasteiger partial charge on any atom is -0.475 e. The van der Waals surface area contributed by atoms with E-state index in [1.165, 1.54) is 7.05 Å². The lowest BCUT2D eigenvalue weighted by atomic mass is 10.2. The van der Waals surface area contributed by atoms with Gasteiger partial charge in [-0.3, -0.25) is 5.32 Å². The molecule has 0 aromatic carbocycles. The van der Waals surface area contributed by atoms with Crippen molar-refractivity contribution >= 4 is 6.03 Å². The van der Waals surface area contributed by atoms with Gasteiger partial charge >= 0.3 is 6.03 Å². The second kappa shape index (κ2) is 3.81. The Bertz CT molecular complexity index is 290. The molecule has 1 aliphatic rings. The fourth-order valence-electron chi connectivity index (χ4n) is 1.06. The third kappa shape index (κ3) is 2.12. The first kappa shape index (κ1) is 9.39. The van der Waals surface area contributed by atoms with E-state index in [0.29, 0.717) is 12.0 Å². The molecule has 1 heterocycles. The average Bonchev–Trinajstić information content (AvgIpc) is 2.46. The Labute approximate surface area is 76.4 Å². The summed E-state index contributed by atoms with van der Waals surface area (Å²) in [6.45, 7) is 1.84. The van der Waals surface area contributed by atoms with E-state index in [0.717, 1.165) is 0 Å². The van der Waals surface area contributed by atoms with Crippen molar-refractivity contribution in [1.29, 1.82) is 5.26 Å². The van der Waals surface area contributed by atoms with E-state index in [4.69, 9.17) is 10.00 Å². The summed E-state index contributed by atoms with van der Waals surface area (Å²) in [7, 11) is 1.50. The van der Waals surface area contributed by atoms with Gasteiger partial charge in [-0.1, -0.05) is 0 Å². The zero-order chi connectivity index (χ0) is 9.84. The molecule has 2 N–H and O–H groups in total. The smallest absolute Gasteiger partial charge is 0.321 e. The van der Waals surface area contributed by atoms with Crippen molar-refractivity contribution < 1.29 is 9.53 Å². The molecule has 0 saturated heterocycles. The van der Waals surface area contributed by atoms with Gasteiger partial charge in [-0.05, 0) is 6.92 Å². The van der Waals surface area contributed by atoms with Crippen LogP contribution in [0.3, 0.4) is 0 Å². The van der Waals surface area contributed by atoms with Gasteiger partial charge in [-0.15, -0.1) is 0 Å². The van der Waals surface area contributed by atoms with Gasteiger partial charge in [0, 0.05) is 13.5 Å². The number of nitriles is 1. The summed E-state index contributed by atoms with van der Waals surface area (Å²) in [5.74, 6) is 0.273. The first-order chi connectivity index (χ1) is 6.17. The standard InChI is InChI=1S/C8H11N3O2/c1-5-3-6(4-9)7(13-5)11-8(12)10-2/h5H,3H2,1-2H3,(H2,10,11,12). The van der Waals surface area contributed by atoms with E-state index in [2.05, 4.69) is 10.6 Å². The number of amides is 2. The fourth-order valence-corrected chi connectivity index (χ4v) is 1.06. The summed E-state index contributed by atoms with van der Waals surface area (Å²) in [5.41, 5.74) is 0.483. The maximum Gasteiger partial charge on any atom is 0.321 e. The van der Waals surface area contributed by atoms with Crippen LogP contribution in [0.1, 0.15) is 13.3 Å². The Hall–Kier alpha value is -1.70. The van der Waals surface area contributed by atoms with Gasteiger partial charge in [0.05, 0.1) is 5.57 Å². The Balaban J connectivity index is 2.67. The molecule has 0 bridgehead atoms. The molecule has 0 aliphatic carbocycles. The highest BCUT2D eigenvalue weighted by Crippen LogP contribution is 2.21. The van der Waals surface area contributed by atoms with Crippen molar-refractivity contribution in [2.75, 3.05) is 7.05 Å². The summed E-state index contributed by atoms with van der Waals surface area (Å²) in [4.78, 5) is 10.9. The summed E-state index contributed by atoms with van der Waals surface area (Å²) < 4.78 is 5.22. The molecule has 5 heteroatoms. The van der Waals surface area contributed by atoms with Gasteiger partial charge in [0.15, 0.2) is 0 Å². The lowest BCUT2D eigenvalue weighted by molar-refractivity contribution is 0.145. The van der Waals surface area contributed by atoms with E-state index in [9.17, 15) is 4.79 Å². The second-order valence-corrected chi connectivity index (χ2v) is 2.76. The van der Waals surface area contributed by atoms with Gasteiger partial charge < -0.3 is 10.1 Å². The van der Waals surface area contributed by atoms with Crippen LogP contribution in [0.5, 0.6) is 0 Å². The highest BCUT2D eigenvalue weighted by Gasteiger charge is 2.23. The number of hydrogen-bond donors (Lipinski definition) is 2. The minimum atomic E-state index is -0.378. The van der Waals surface area contributed by atoms with Crippen LogP contribution in [0.4, 0.5) is 4.79 Å². The molecule has 0 fully saturated rings. The zero-order valence-electron chi connectivity index (χ0n) is 7.55. The Morgan fingerprint density at radius 1 is 1.77 bits per heavy atom. The van der Waals surface area contributed by atoms with Crippen LogP contribution in [0, 0.1) is 11.3 Å². The molecule has 0 spiro atoms. The molecule has 0 aromatic heterocycles. The number of urea groups is 1.